The monoisotopic (exact) mass is 241 g/mol. The number of hydrogen-bond donors (Lipinski definition) is 3. The van der Waals surface area contributed by atoms with Crippen LogP contribution in [0.5, 0.6) is 0 Å². The number of aliphatic hydroxyl groups excluding tert-OH is 1. The van der Waals surface area contributed by atoms with Crippen LogP contribution in [0.2, 0.25) is 0 Å². The second-order valence-electron chi connectivity index (χ2n) is 6.06. The normalized spacial score (nSPS) is 42.9. The van der Waals surface area contributed by atoms with Gasteiger partial charge in [-0.3, -0.25) is 0 Å². The van der Waals surface area contributed by atoms with Gasteiger partial charge in [-0.1, -0.05) is 13.3 Å². The maximum atomic E-state index is 10.5. The van der Waals surface area contributed by atoms with E-state index in [2.05, 4.69) is 12.2 Å². The third-order valence-corrected chi connectivity index (χ3v) is 4.79. The van der Waals surface area contributed by atoms with Gasteiger partial charge in [-0.15, -0.1) is 0 Å². The fourth-order valence-electron chi connectivity index (χ4n) is 3.30. The topological polar surface area (TPSA) is 52.5 Å². The van der Waals surface area contributed by atoms with Gasteiger partial charge in [0.05, 0.1) is 11.7 Å². The lowest BCUT2D eigenvalue weighted by atomic mass is 9.78. The highest BCUT2D eigenvalue weighted by Gasteiger charge is 2.34. The van der Waals surface area contributed by atoms with Crippen molar-refractivity contribution in [1.29, 1.82) is 0 Å². The van der Waals surface area contributed by atoms with E-state index >= 15 is 0 Å². The molecule has 2 unspecified atom stereocenters. The highest BCUT2D eigenvalue weighted by Crippen LogP contribution is 2.33. The van der Waals surface area contributed by atoms with E-state index in [1.165, 1.54) is 6.42 Å². The van der Waals surface area contributed by atoms with Gasteiger partial charge in [-0.25, -0.2) is 0 Å². The zero-order chi connectivity index (χ0) is 12.3. The Morgan fingerprint density at radius 1 is 1.18 bits per heavy atom. The molecule has 0 aromatic carbocycles. The maximum absolute atomic E-state index is 10.5. The molecule has 3 nitrogen and oxygen atoms in total. The number of nitrogens with one attached hydrogen (secondary N) is 1. The molecule has 0 saturated heterocycles. The first-order chi connectivity index (χ1) is 8.13. The lowest BCUT2D eigenvalue weighted by Gasteiger charge is -2.37. The maximum Gasteiger partial charge on any atom is 0.0771 e. The van der Waals surface area contributed by atoms with Crippen molar-refractivity contribution in [2.24, 2.45) is 5.92 Å². The van der Waals surface area contributed by atoms with Crippen LogP contribution in [0.25, 0.3) is 0 Å². The standard InChI is InChI=1S/C14H27NO2/c1-2-11-6-8-14(17,9-7-11)10-15-12-4-3-5-13(12)16/h11-13,15-17H,2-10H2,1H3. The fourth-order valence-corrected chi connectivity index (χ4v) is 3.30. The summed E-state index contributed by atoms with van der Waals surface area (Å²) in [6, 6.07) is 0.211. The number of rotatable bonds is 4. The predicted molar refractivity (Wildman–Crippen MR) is 68.8 cm³/mol. The second kappa shape index (κ2) is 5.68. The van der Waals surface area contributed by atoms with Crippen molar-refractivity contribution < 1.29 is 10.2 Å². The van der Waals surface area contributed by atoms with Crippen molar-refractivity contribution in [2.45, 2.75) is 76.0 Å². The van der Waals surface area contributed by atoms with Gasteiger partial charge >= 0.3 is 0 Å². The Balaban J connectivity index is 1.74. The summed E-state index contributed by atoms with van der Waals surface area (Å²) in [6.45, 7) is 2.90. The van der Waals surface area contributed by atoms with Crippen LogP contribution < -0.4 is 5.32 Å². The highest BCUT2D eigenvalue weighted by molar-refractivity contribution is 4.90. The smallest absolute Gasteiger partial charge is 0.0771 e. The Morgan fingerprint density at radius 3 is 2.41 bits per heavy atom. The summed E-state index contributed by atoms with van der Waals surface area (Å²) in [5.41, 5.74) is -0.520. The molecule has 2 atom stereocenters. The predicted octanol–water partition coefficient (Wildman–Crippen LogP) is 1.82. The molecule has 3 heteroatoms. The van der Waals surface area contributed by atoms with Crippen molar-refractivity contribution in [2.75, 3.05) is 6.54 Å². The summed E-state index contributed by atoms with van der Waals surface area (Å²) in [4.78, 5) is 0. The molecular formula is C14H27NO2. The van der Waals surface area contributed by atoms with Gasteiger partial charge in [0.25, 0.3) is 0 Å². The van der Waals surface area contributed by atoms with Crippen molar-refractivity contribution in [3.05, 3.63) is 0 Å². The summed E-state index contributed by atoms with van der Waals surface area (Å²) in [5, 5.41) is 23.6. The molecule has 2 rings (SSSR count). The van der Waals surface area contributed by atoms with Crippen LogP contribution >= 0.6 is 0 Å². The Hall–Kier alpha value is -0.120. The van der Waals surface area contributed by atoms with Gasteiger partial charge < -0.3 is 15.5 Å². The van der Waals surface area contributed by atoms with Gasteiger partial charge in [0.2, 0.25) is 0 Å². The molecule has 100 valence electrons. The molecule has 0 aliphatic heterocycles. The van der Waals surface area contributed by atoms with Gasteiger partial charge in [0.15, 0.2) is 0 Å². The largest absolute Gasteiger partial charge is 0.392 e. The van der Waals surface area contributed by atoms with Crippen LogP contribution in [0.4, 0.5) is 0 Å². The zero-order valence-electron chi connectivity index (χ0n) is 11.0. The third-order valence-electron chi connectivity index (χ3n) is 4.79. The number of aliphatic hydroxyl groups is 2. The van der Waals surface area contributed by atoms with Crippen molar-refractivity contribution >= 4 is 0 Å². The summed E-state index contributed by atoms with van der Waals surface area (Å²) in [7, 11) is 0. The Kier molecular flexibility index (Phi) is 4.45. The molecule has 0 aromatic heterocycles. The van der Waals surface area contributed by atoms with Crippen LogP contribution in [0.15, 0.2) is 0 Å². The minimum atomic E-state index is -0.520. The summed E-state index contributed by atoms with van der Waals surface area (Å²) in [6.07, 6.45) is 8.25. The number of hydrogen-bond acceptors (Lipinski definition) is 3. The minimum absolute atomic E-state index is 0.203. The summed E-state index contributed by atoms with van der Waals surface area (Å²) in [5.74, 6) is 0.812. The first-order valence-corrected chi connectivity index (χ1v) is 7.27. The lowest BCUT2D eigenvalue weighted by Crippen LogP contribution is -2.48. The second-order valence-corrected chi connectivity index (χ2v) is 6.06. The van der Waals surface area contributed by atoms with Crippen LogP contribution in [0, 0.1) is 5.92 Å². The Morgan fingerprint density at radius 2 is 1.88 bits per heavy atom. The SMILES string of the molecule is CCC1CCC(O)(CNC2CCCC2O)CC1. The fraction of sp³-hybridized carbons (Fsp3) is 1.00. The van der Waals surface area contributed by atoms with Gasteiger partial charge in [-0.2, -0.15) is 0 Å². The molecule has 2 fully saturated rings. The Labute approximate surface area is 105 Å². The molecule has 0 aromatic rings. The first kappa shape index (κ1) is 13.3. The van der Waals surface area contributed by atoms with Crippen LogP contribution in [-0.2, 0) is 0 Å². The molecule has 2 aliphatic rings. The lowest BCUT2D eigenvalue weighted by molar-refractivity contribution is -0.0135. The Bertz CT molecular complexity index is 236. The molecular weight excluding hydrogens is 214 g/mol. The highest BCUT2D eigenvalue weighted by atomic mass is 16.3. The van der Waals surface area contributed by atoms with Crippen LogP contribution in [-0.4, -0.2) is 34.5 Å². The molecule has 0 bridgehead atoms. The van der Waals surface area contributed by atoms with E-state index in [1.54, 1.807) is 0 Å². The van der Waals surface area contributed by atoms with E-state index in [4.69, 9.17) is 0 Å². The van der Waals surface area contributed by atoms with E-state index in [0.717, 1.165) is 50.9 Å². The van der Waals surface area contributed by atoms with Gasteiger partial charge in [0.1, 0.15) is 0 Å². The summed E-state index contributed by atoms with van der Waals surface area (Å²) >= 11 is 0. The van der Waals surface area contributed by atoms with Gasteiger partial charge in [0, 0.05) is 12.6 Å². The van der Waals surface area contributed by atoms with E-state index in [-0.39, 0.29) is 12.1 Å². The van der Waals surface area contributed by atoms with Crippen LogP contribution in [0.3, 0.4) is 0 Å². The third kappa shape index (κ3) is 3.43. The van der Waals surface area contributed by atoms with E-state index < -0.39 is 5.60 Å². The average Bonchev–Trinajstić information content (AvgIpc) is 2.74. The molecule has 0 spiro atoms. The van der Waals surface area contributed by atoms with E-state index in [0.29, 0.717) is 6.54 Å². The molecule has 0 heterocycles. The molecule has 3 N–H and O–H groups in total. The average molecular weight is 241 g/mol. The van der Waals surface area contributed by atoms with Gasteiger partial charge in [-0.05, 0) is 50.9 Å². The minimum Gasteiger partial charge on any atom is -0.392 e. The van der Waals surface area contributed by atoms with Crippen molar-refractivity contribution in [3.8, 4) is 0 Å². The molecule has 17 heavy (non-hydrogen) atoms. The van der Waals surface area contributed by atoms with E-state index in [1.807, 2.05) is 0 Å². The molecule has 2 aliphatic carbocycles. The zero-order valence-corrected chi connectivity index (χ0v) is 11.0. The molecule has 2 saturated carbocycles. The molecule has 0 radical (unpaired) electrons. The van der Waals surface area contributed by atoms with Crippen LogP contribution in [0.1, 0.15) is 58.3 Å². The molecule has 0 amide bonds. The quantitative estimate of drug-likeness (QED) is 0.704. The van der Waals surface area contributed by atoms with Crippen molar-refractivity contribution in [3.63, 3.8) is 0 Å². The first-order valence-electron chi connectivity index (χ1n) is 7.27. The van der Waals surface area contributed by atoms with Crippen molar-refractivity contribution in [1.82, 2.24) is 5.32 Å². The summed E-state index contributed by atoms with van der Waals surface area (Å²) < 4.78 is 0. The van der Waals surface area contributed by atoms with E-state index in [9.17, 15) is 10.2 Å².